The van der Waals surface area contributed by atoms with E-state index in [0.717, 1.165) is 32.8 Å². The highest BCUT2D eigenvalue weighted by Gasteiger charge is 2.16. The highest BCUT2D eigenvalue weighted by Crippen LogP contribution is 2.32. The van der Waals surface area contributed by atoms with Gasteiger partial charge in [-0.3, -0.25) is 4.57 Å². The Morgan fingerprint density at radius 2 is 2.00 bits per heavy atom. The average Bonchev–Trinajstić information content (AvgIpc) is 2.86. The molecule has 21 heavy (non-hydrogen) atoms. The third-order valence-electron chi connectivity index (χ3n) is 3.34. The molecule has 1 aromatic heterocycles. The molecule has 3 rings (SSSR count). The van der Waals surface area contributed by atoms with Crippen LogP contribution in [-0.4, -0.2) is 16.7 Å². The van der Waals surface area contributed by atoms with Crippen molar-refractivity contribution in [2.24, 2.45) is 0 Å². The molecule has 5 heteroatoms. The van der Waals surface area contributed by atoms with E-state index in [0.29, 0.717) is 0 Å². The van der Waals surface area contributed by atoms with Crippen LogP contribution < -0.4 is 4.74 Å². The number of alkyl halides is 1. The standard InChI is InChI=1S/C16H14BrClN2O/c1-10(18)16-19-13-5-3-4-6-14(13)20(16)11-7-8-15(21-2)12(17)9-11/h3-10H,1-2H3. The number of fused-ring (bicyclic) bond motifs is 1. The summed E-state index contributed by atoms with van der Waals surface area (Å²) >= 11 is 9.84. The number of benzene rings is 2. The fourth-order valence-electron chi connectivity index (χ4n) is 2.38. The highest BCUT2D eigenvalue weighted by atomic mass is 79.9. The molecule has 108 valence electrons. The van der Waals surface area contributed by atoms with Crippen LogP contribution in [0.25, 0.3) is 16.7 Å². The van der Waals surface area contributed by atoms with E-state index in [4.69, 9.17) is 16.3 Å². The monoisotopic (exact) mass is 364 g/mol. The van der Waals surface area contributed by atoms with Gasteiger partial charge in [-0.2, -0.15) is 0 Å². The first kappa shape index (κ1) is 14.4. The summed E-state index contributed by atoms with van der Waals surface area (Å²) in [7, 11) is 1.65. The van der Waals surface area contributed by atoms with E-state index >= 15 is 0 Å². The van der Waals surface area contributed by atoms with E-state index in [9.17, 15) is 0 Å². The molecule has 0 fully saturated rings. The molecule has 0 spiro atoms. The summed E-state index contributed by atoms with van der Waals surface area (Å²) < 4.78 is 8.26. The molecule has 0 aliphatic heterocycles. The number of methoxy groups -OCH3 is 1. The molecule has 3 aromatic rings. The minimum Gasteiger partial charge on any atom is -0.496 e. The van der Waals surface area contributed by atoms with E-state index < -0.39 is 0 Å². The average molecular weight is 366 g/mol. The van der Waals surface area contributed by atoms with Crippen molar-refractivity contribution in [3.05, 3.63) is 52.8 Å². The second-order valence-corrected chi connectivity index (χ2v) is 6.24. The smallest absolute Gasteiger partial charge is 0.133 e. The summed E-state index contributed by atoms with van der Waals surface area (Å²) in [5.41, 5.74) is 2.97. The number of imidazole rings is 1. The first-order valence-electron chi connectivity index (χ1n) is 6.57. The van der Waals surface area contributed by atoms with Crippen LogP contribution in [0.15, 0.2) is 46.9 Å². The lowest BCUT2D eigenvalue weighted by Crippen LogP contribution is -2.02. The van der Waals surface area contributed by atoms with Crippen molar-refractivity contribution in [2.45, 2.75) is 12.3 Å². The molecule has 0 saturated carbocycles. The van der Waals surface area contributed by atoms with Gasteiger partial charge in [-0.1, -0.05) is 12.1 Å². The van der Waals surface area contributed by atoms with Crippen LogP contribution in [0.5, 0.6) is 5.75 Å². The third kappa shape index (κ3) is 2.54. The van der Waals surface area contributed by atoms with E-state index in [2.05, 4.69) is 25.5 Å². The van der Waals surface area contributed by atoms with Crippen molar-refractivity contribution >= 4 is 38.6 Å². The van der Waals surface area contributed by atoms with Gasteiger partial charge in [-0.05, 0) is 53.2 Å². The third-order valence-corrected chi connectivity index (χ3v) is 4.15. The Morgan fingerprint density at radius 3 is 2.67 bits per heavy atom. The Kier molecular flexibility index (Phi) is 3.91. The van der Waals surface area contributed by atoms with Crippen molar-refractivity contribution in [1.82, 2.24) is 9.55 Å². The first-order valence-corrected chi connectivity index (χ1v) is 7.80. The maximum atomic E-state index is 6.31. The zero-order valence-electron chi connectivity index (χ0n) is 11.7. The summed E-state index contributed by atoms with van der Waals surface area (Å²) in [6.07, 6.45) is 0. The fraction of sp³-hybridized carbons (Fsp3) is 0.188. The van der Waals surface area contributed by atoms with Crippen LogP contribution >= 0.6 is 27.5 Å². The number of halogens is 2. The lowest BCUT2D eigenvalue weighted by molar-refractivity contribution is 0.412. The van der Waals surface area contributed by atoms with Gasteiger partial charge >= 0.3 is 0 Å². The first-order chi connectivity index (χ1) is 10.1. The summed E-state index contributed by atoms with van der Waals surface area (Å²) in [5, 5.41) is -0.182. The number of aromatic nitrogens is 2. The van der Waals surface area contributed by atoms with Crippen molar-refractivity contribution in [2.75, 3.05) is 7.11 Å². The highest BCUT2D eigenvalue weighted by molar-refractivity contribution is 9.10. The number of rotatable bonds is 3. The molecule has 1 unspecified atom stereocenters. The fourth-order valence-corrected chi connectivity index (χ4v) is 3.05. The Morgan fingerprint density at radius 1 is 1.24 bits per heavy atom. The van der Waals surface area contributed by atoms with E-state index in [1.54, 1.807) is 7.11 Å². The molecule has 0 amide bonds. The molecule has 0 bridgehead atoms. The summed E-state index contributed by atoms with van der Waals surface area (Å²) in [4.78, 5) is 4.65. The van der Waals surface area contributed by atoms with Crippen LogP contribution in [0.4, 0.5) is 0 Å². The molecule has 2 aromatic carbocycles. The summed E-state index contributed by atoms with van der Waals surface area (Å²) in [6.45, 7) is 1.93. The lowest BCUT2D eigenvalue weighted by Gasteiger charge is -2.12. The quantitative estimate of drug-likeness (QED) is 0.604. The topological polar surface area (TPSA) is 27.1 Å². The summed E-state index contributed by atoms with van der Waals surface area (Å²) in [6, 6.07) is 14.0. The van der Waals surface area contributed by atoms with Gasteiger partial charge < -0.3 is 4.74 Å². The predicted octanol–water partition coefficient (Wildman–Crippen LogP) is 5.10. The number of ether oxygens (including phenoxy) is 1. The van der Waals surface area contributed by atoms with Crippen LogP contribution in [0.2, 0.25) is 0 Å². The lowest BCUT2D eigenvalue weighted by atomic mass is 10.2. The van der Waals surface area contributed by atoms with Gasteiger partial charge in [-0.25, -0.2) is 4.98 Å². The van der Waals surface area contributed by atoms with Crippen LogP contribution in [0, 0.1) is 0 Å². The zero-order valence-corrected chi connectivity index (χ0v) is 14.0. The van der Waals surface area contributed by atoms with Gasteiger partial charge in [-0.15, -0.1) is 11.6 Å². The second kappa shape index (κ2) is 5.70. The molecule has 0 saturated heterocycles. The molecule has 0 aliphatic carbocycles. The predicted molar refractivity (Wildman–Crippen MR) is 89.6 cm³/mol. The maximum absolute atomic E-state index is 6.31. The Bertz CT molecular complexity index is 798. The van der Waals surface area contributed by atoms with Crippen molar-refractivity contribution in [1.29, 1.82) is 0 Å². The number of nitrogens with zero attached hydrogens (tertiary/aromatic N) is 2. The van der Waals surface area contributed by atoms with Gasteiger partial charge in [0.1, 0.15) is 11.6 Å². The minimum atomic E-state index is -0.182. The normalized spacial score (nSPS) is 12.6. The molecular weight excluding hydrogens is 352 g/mol. The molecule has 0 radical (unpaired) electrons. The van der Waals surface area contributed by atoms with Crippen molar-refractivity contribution in [3.63, 3.8) is 0 Å². The van der Waals surface area contributed by atoms with Crippen molar-refractivity contribution in [3.8, 4) is 11.4 Å². The molecule has 0 N–H and O–H groups in total. The van der Waals surface area contributed by atoms with E-state index in [-0.39, 0.29) is 5.38 Å². The minimum absolute atomic E-state index is 0.182. The van der Waals surface area contributed by atoms with Gasteiger partial charge in [0.15, 0.2) is 0 Å². The maximum Gasteiger partial charge on any atom is 0.133 e. The molecule has 1 atom stereocenters. The van der Waals surface area contributed by atoms with Crippen LogP contribution in [0.1, 0.15) is 18.1 Å². The Labute approximate surface area is 136 Å². The number of para-hydroxylation sites is 2. The second-order valence-electron chi connectivity index (χ2n) is 4.73. The van der Waals surface area contributed by atoms with Crippen molar-refractivity contribution < 1.29 is 4.74 Å². The molecule has 3 nitrogen and oxygen atoms in total. The molecule has 1 heterocycles. The van der Waals surface area contributed by atoms with Gasteiger partial charge in [0.2, 0.25) is 0 Å². The largest absolute Gasteiger partial charge is 0.496 e. The van der Waals surface area contributed by atoms with Crippen LogP contribution in [0.3, 0.4) is 0 Å². The van der Waals surface area contributed by atoms with E-state index in [1.165, 1.54) is 0 Å². The Balaban J connectivity index is 2.27. The molecule has 0 aliphatic rings. The van der Waals surface area contributed by atoms with Gasteiger partial charge in [0.25, 0.3) is 0 Å². The summed E-state index contributed by atoms with van der Waals surface area (Å²) in [5.74, 6) is 1.62. The van der Waals surface area contributed by atoms with E-state index in [1.807, 2.05) is 49.4 Å². The van der Waals surface area contributed by atoms with Gasteiger partial charge in [0, 0.05) is 5.69 Å². The molecular formula is C16H14BrClN2O. The zero-order chi connectivity index (χ0) is 15.0. The number of hydrogen-bond donors (Lipinski definition) is 0. The number of hydrogen-bond acceptors (Lipinski definition) is 2. The SMILES string of the molecule is COc1ccc(-n2c(C(C)Cl)nc3ccccc32)cc1Br. The van der Waals surface area contributed by atoms with Gasteiger partial charge in [0.05, 0.1) is 28.0 Å². The van der Waals surface area contributed by atoms with Crippen LogP contribution in [-0.2, 0) is 0 Å². The Hall–Kier alpha value is -1.52.